The zero-order valence-corrected chi connectivity index (χ0v) is 60.1. The number of benzene rings is 2. The number of nitrogens with zero attached hydrogens (tertiary/aromatic N) is 2. The van der Waals surface area contributed by atoms with Crippen molar-refractivity contribution in [2.24, 2.45) is 9.98 Å². The van der Waals surface area contributed by atoms with Gasteiger partial charge in [0, 0.05) is 22.9 Å². The summed E-state index contributed by atoms with van der Waals surface area (Å²) in [6, 6.07) is 18.1. The van der Waals surface area contributed by atoms with Crippen LogP contribution in [0.5, 0.6) is 0 Å². The van der Waals surface area contributed by atoms with E-state index in [2.05, 4.69) is 88.1 Å². The van der Waals surface area contributed by atoms with E-state index in [-0.39, 0.29) is 16.5 Å². The quantitative estimate of drug-likeness (QED) is 0.0273. The van der Waals surface area contributed by atoms with Gasteiger partial charge in [-0.3, -0.25) is 4.99 Å². The maximum atomic E-state index is 5.22. The maximum absolute atomic E-state index is 5.22. The molecular formula is C84H148N2Ni. The van der Waals surface area contributed by atoms with Crippen molar-refractivity contribution in [1.29, 1.82) is 0 Å². The second-order valence-corrected chi connectivity index (χ2v) is 27.4. The van der Waals surface area contributed by atoms with Crippen LogP contribution >= 0.6 is 0 Å². The summed E-state index contributed by atoms with van der Waals surface area (Å²) in [5.41, 5.74) is 6.71. The molecule has 0 aliphatic heterocycles. The second kappa shape index (κ2) is 68.2. The molecule has 0 saturated heterocycles. The summed E-state index contributed by atoms with van der Waals surface area (Å²) in [6.45, 7) is 9.15. The molecule has 0 amide bonds. The molecule has 0 spiro atoms. The molecule has 0 unspecified atom stereocenters. The number of aliphatic imine (C=N–C) groups is 2. The second-order valence-electron chi connectivity index (χ2n) is 27.4. The van der Waals surface area contributed by atoms with Gasteiger partial charge in [0.1, 0.15) is 5.71 Å². The number of rotatable bonds is 66. The van der Waals surface area contributed by atoms with Gasteiger partial charge in [-0.1, -0.05) is 424 Å². The van der Waals surface area contributed by atoms with Crippen molar-refractivity contribution in [3.63, 3.8) is 0 Å². The molecule has 2 aromatic carbocycles. The topological polar surface area (TPSA) is 24.7 Å². The Kier molecular flexibility index (Phi) is 64.9. The molecule has 0 fully saturated rings. The van der Waals surface area contributed by atoms with Crippen molar-refractivity contribution >= 4 is 22.8 Å². The molecule has 87 heavy (non-hydrogen) atoms. The zero-order valence-electron chi connectivity index (χ0n) is 59.1. The Balaban J connectivity index is 0.0000378. The normalized spacial score (nSPS) is 11.8. The third kappa shape index (κ3) is 56.3. The van der Waals surface area contributed by atoms with Crippen LogP contribution in [0.25, 0.3) is 0 Å². The maximum Gasteiger partial charge on any atom is 0.135 e. The smallest absolute Gasteiger partial charge is 0.135 e. The van der Waals surface area contributed by atoms with Crippen LogP contribution in [0.15, 0.2) is 58.5 Å². The van der Waals surface area contributed by atoms with Gasteiger partial charge in [-0.25, -0.2) is 4.99 Å². The summed E-state index contributed by atoms with van der Waals surface area (Å²) in [6.07, 6.45) is 89.5. The summed E-state index contributed by atoms with van der Waals surface area (Å²) in [7, 11) is 0. The minimum atomic E-state index is 0. The van der Waals surface area contributed by atoms with Gasteiger partial charge in [0.2, 0.25) is 0 Å². The Hall–Kier alpha value is -2.17. The van der Waals surface area contributed by atoms with E-state index in [1.807, 2.05) is 0 Å². The molecule has 0 aliphatic rings. The number of unbranched alkanes of at least 4 members (excludes halogenated alkanes) is 58. The predicted molar refractivity (Wildman–Crippen MR) is 391 cm³/mol. The monoisotopic (exact) mass is 1240 g/mol. The van der Waals surface area contributed by atoms with Crippen LogP contribution in [-0.2, 0) is 29.3 Å². The third-order valence-electron chi connectivity index (χ3n) is 19.0. The minimum absolute atomic E-state index is 0. The fraction of sp³-hybridized carbons (Fsp3) is 0.810. The first kappa shape index (κ1) is 82.8. The van der Waals surface area contributed by atoms with E-state index >= 15 is 0 Å². The first-order valence-corrected chi connectivity index (χ1v) is 39.5. The van der Waals surface area contributed by atoms with Crippen LogP contribution in [0.2, 0.25) is 0 Å². The average Bonchev–Trinajstić information content (AvgIpc) is 3.68. The van der Waals surface area contributed by atoms with Crippen LogP contribution in [0, 0.1) is 11.8 Å². The van der Waals surface area contributed by atoms with Gasteiger partial charge >= 0.3 is 0 Å². The Morgan fingerprint density at radius 2 is 0.460 bits per heavy atom. The van der Waals surface area contributed by atoms with Crippen molar-refractivity contribution in [1.82, 2.24) is 0 Å². The van der Waals surface area contributed by atoms with Crippen molar-refractivity contribution < 1.29 is 16.5 Å². The van der Waals surface area contributed by atoms with Gasteiger partial charge in [-0.2, -0.15) is 0 Å². The Labute approximate surface area is 556 Å². The molecule has 0 aliphatic carbocycles. The largest absolute Gasteiger partial charge is 0.251 e. The third-order valence-corrected chi connectivity index (χ3v) is 19.0. The standard InChI is InChI=1S/C84H148N2.Ni/c1-5-9-12-15-18-21-24-27-30-33-35-37-39-41-43-45-47-50-53-56-59-62-65-68-79-71-75-81(76-72-79)85-83(8-4)84(70-67-64-61-58-55-52-49-32-29-26-23-20-17-14-11-7-3)86-82-77-73-80(74-78-82)69-66-63-60-57-54-51-48-46-44-42-40-38-36-34-31-28-25-22-19-16-13-10-6-2;/h71-78H,5-66,68-69H2,1-4H3;. The molecular weight excluding hydrogens is 1100 g/mol. The molecule has 0 heterocycles. The van der Waals surface area contributed by atoms with Gasteiger partial charge in [0.05, 0.1) is 17.1 Å². The molecule has 3 heteroatoms. The zero-order chi connectivity index (χ0) is 61.2. The van der Waals surface area contributed by atoms with E-state index in [0.29, 0.717) is 0 Å². The van der Waals surface area contributed by atoms with Crippen LogP contribution in [0.4, 0.5) is 11.4 Å². The van der Waals surface area contributed by atoms with Crippen LogP contribution in [0.3, 0.4) is 0 Å². The molecule has 0 radical (unpaired) electrons. The first-order chi connectivity index (χ1) is 42.7. The molecule has 0 N–H and O–H groups in total. The van der Waals surface area contributed by atoms with Crippen molar-refractivity contribution in [2.45, 2.75) is 439 Å². The Morgan fingerprint density at radius 3 is 0.690 bits per heavy atom. The van der Waals surface area contributed by atoms with Crippen molar-refractivity contribution in [3.8, 4) is 11.8 Å². The molecule has 0 saturated carbocycles. The van der Waals surface area contributed by atoms with Crippen LogP contribution < -0.4 is 0 Å². The van der Waals surface area contributed by atoms with Crippen molar-refractivity contribution in [2.75, 3.05) is 0 Å². The summed E-state index contributed by atoms with van der Waals surface area (Å²) >= 11 is 0. The molecule has 2 rings (SSSR count). The summed E-state index contributed by atoms with van der Waals surface area (Å²) in [4.78, 5) is 10.4. The molecule has 0 atom stereocenters. The van der Waals surface area contributed by atoms with Gasteiger partial charge in [-0.05, 0) is 79.8 Å². The van der Waals surface area contributed by atoms with E-state index in [4.69, 9.17) is 9.98 Å². The number of hydrogen-bond donors (Lipinski definition) is 0. The Bertz CT molecular complexity index is 1800. The van der Waals surface area contributed by atoms with E-state index in [1.54, 1.807) is 0 Å². The van der Waals surface area contributed by atoms with Crippen molar-refractivity contribution in [3.05, 3.63) is 59.7 Å². The van der Waals surface area contributed by atoms with E-state index in [9.17, 15) is 0 Å². The molecule has 2 aromatic rings. The van der Waals surface area contributed by atoms with E-state index in [0.717, 1.165) is 48.5 Å². The van der Waals surface area contributed by atoms with Crippen LogP contribution in [0.1, 0.15) is 437 Å². The van der Waals surface area contributed by atoms with Gasteiger partial charge < -0.3 is 0 Å². The van der Waals surface area contributed by atoms with Gasteiger partial charge in [-0.15, -0.1) is 0 Å². The van der Waals surface area contributed by atoms with Gasteiger partial charge in [0.25, 0.3) is 0 Å². The minimum Gasteiger partial charge on any atom is -0.251 e. The average molecular weight is 1240 g/mol. The fourth-order valence-corrected chi connectivity index (χ4v) is 13.0. The van der Waals surface area contributed by atoms with E-state index < -0.39 is 0 Å². The number of aryl methyl sites for hydroxylation is 2. The molecule has 0 aromatic heterocycles. The first-order valence-electron chi connectivity index (χ1n) is 39.5. The summed E-state index contributed by atoms with van der Waals surface area (Å²) in [5.74, 6) is 7.12. The summed E-state index contributed by atoms with van der Waals surface area (Å²) < 4.78 is 0. The fourth-order valence-electron chi connectivity index (χ4n) is 13.0. The number of hydrogen-bond acceptors (Lipinski definition) is 2. The SMILES string of the molecule is CCCCCCCCCCCCCCCCC#CC(=Nc1ccc(CCCCCCCCCCCCCCCCCCCCCCCCC)cc1)C(CC)=Nc1ccc(CCCCCCCCCCCCCCCCCCCCCCCCC)cc1.[Ni]. The molecule has 0 bridgehead atoms. The predicted octanol–water partition coefficient (Wildman–Crippen LogP) is 29.9. The summed E-state index contributed by atoms with van der Waals surface area (Å²) in [5, 5.41) is 0. The van der Waals surface area contributed by atoms with Gasteiger partial charge in [0.15, 0.2) is 0 Å². The molecule has 2 nitrogen and oxygen atoms in total. The Morgan fingerprint density at radius 1 is 0.253 bits per heavy atom. The van der Waals surface area contributed by atoms with E-state index in [1.165, 1.54) is 396 Å². The van der Waals surface area contributed by atoms with Crippen LogP contribution in [-0.4, -0.2) is 11.4 Å². The molecule has 504 valence electrons.